The molecule has 1 N–H and O–H groups in total. The van der Waals surface area contributed by atoms with Crippen molar-refractivity contribution in [2.45, 2.75) is 38.4 Å². The molecule has 0 amide bonds. The predicted molar refractivity (Wildman–Crippen MR) is 85.5 cm³/mol. The number of rotatable bonds is 4. The number of hydrogen-bond acceptors (Lipinski definition) is 3. The third-order valence-corrected chi connectivity index (χ3v) is 4.54. The minimum atomic E-state index is 0.643. The third kappa shape index (κ3) is 3.52. The molecule has 0 saturated carbocycles. The van der Waals surface area contributed by atoms with Gasteiger partial charge in [0.15, 0.2) is 0 Å². The fourth-order valence-electron chi connectivity index (χ4n) is 2.93. The van der Waals surface area contributed by atoms with E-state index in [9.17, 15) is 0 Å². The van der Waals surface area contributed by atoms with Crippen LogP contribution in [0.3, 0.4) is 0 Å². The molecule has 1 fully saturated rings. The van der Waals surface area contributed by atoms with Gasteiger partial charge in [0, 0.05) is 36.7 Å². The largest absolute Gasteiger partial charge is 0.310 e. The maximum atomic E-state index is 4.08. The summed E-state index contributed by atoms with van der Waals surface area (Å²) in [6, 6.07) is 10.0. The van der Waals surface area contributed by atoms with Crippen molar-refractivity contribution in [2.24, 2.45) is 0 Å². The van der Waals surface area contributed by atoms with Gasteiger partial charge in [0.25, 0.3) is 0 Å². The molecule has 2 unspecified atom stereocenters. The minimum Gasteiger partial charge on any atom is -0.310 e. The molecule has 0 aliphatic carbocycles. The van der Waals surface area contributed by atoms with Crippen LogP contribution in [0.4, 0.5) is 0 Å². The Morgan fingerprint density at radius 3 is 2.76 bits per heavy atom. The normalized spacial score (nSPS) is 23.3. The molecular weight excluding hydrogens is 260 g/mol. The van der Waals surface area contributed by atoms with Crippen LogP contribution >= 0.6 is 0 Å². The highest BCUT2D eigenvalue weighted by molar-refractivity contribution is 5.34. The third-order valence-electron chi connectivity index (χ3n) is 4.54. The molecule has 0 radical (unpaired) electrons. The molecule has 4 nitrogen and oxygen atoms in total. The summed E-state index contributed by atoms with van der Waals surface area (Å²) in [7, 11) is 2.22. The quantitative estimate of drug-likeness (QED) is 0.936. The number of nitrogens with zero attached hydrogens (tertiary/aromatic N) is 3. The van der Waals surface area contributed by atoms with Crippen LogP contribution in [0.1, 0.15) is 25.3 Å². The highest BCUT2D eigenvalue weighted by Crippen LogP contribution is 2.16. The van der Waals surface area contributed by atoms with Gasteiger partial charge in [-0.25, -0.2) is 4.98 Å². The lowest BCUT2D eigenvalue weighted by atomic mass is 9.99. The molecule has 2 aromatic rings. The summed E-state index contributed by atoms with van der Waals surface area (Å²) in [5.74, 6) is 0. The lowest BCUT2D eigenvalue weighted by Crippen LogP contribution is -2.45. The van der Waals surface area contributed by atoms with Crippen molar-refractivity contribution in [1.82, 2.24) is 19.8 Å². The Hall–Kier alpha value is -1.65. The van der Waals surface area contributed by atoms with Gasteiger partial charge in [-0.1, -0.05) is 12.1 Å². The predicted octanol–water partition coefficient (Wildman–Crippen LogP) is 2.44. The Kier molecular flexibility index (Phi) is 4.36. The molecule has 1 aromatic carbocycles. The molecule has 1 aromatic heterocycles. The molecule has 1 aliphatic heterocycles. The number of likely N-dealkylation sites (tertiary alicyclic amines) is 1. The van der Waals surface area contributed by atoms with Crippen molar-refractivity contribution in [3.8, 4) is 5.69 Å². The van der Waals surface area contributed by atoms with Crippen LogP contribution in [-0.4, -0.2) is 40.1 Å². The Labute approximate surface area is 126 Å². The molecule has 21 heavy (non-hydrogen) atoms. The summed E-state index contributed by atoms with van der Waals surface area (Å²) in [4.78, 5) is 6.52. The lowest BCUT2D eigenvalue weighted by Gasteiger charge is -2.35. The Morgan fingerprint density at radius 2 is 2.10 bits per heavy atom. The number of piperidine rings is 1. The number of aromatic nitrogens is 2. The summed E-state index contributed by atoms with van der Waals surface area (Å²) in [6.07, 6.45) is 8.08. The van der Waals surface area contributed by atoms with Gasteiger partial charge in [0.2, 0.25) is 0 Å². The van der Waals surface area contributed by atoms with E-state index in [4.69, 9.17) is 0 Å². The average Bonchev–Trinajstić information content (AvgIpc) is 3.03. The first-order valence-corrected chi connectivity index (χ1v) is 7.73. The lowest BCUT2D eigenvalue weighted by molar-refractivity contribution is 0.168. The Balaban J connectivity index is 1.54. The molecule has 2 heterocycles. The second-order valence-electron chi connectivity index (χ2n) is 6.07. The Morgan fingerprint density at radius 1 is 1.29 bits per heavy atom. The van der Waals surface area contributed by atoms with Crippen molar-refractivity contribution in [3.63, 3.8) is 0 Å². The second-order valence-corrected chi connectivity index (χ2v) is 6.07. The SMILES string of the molecule is CC1CC(NCc2ccc(-n3ccnc3)cc2)CCN1C. The van der Waals surface area contributed by atoms with Crippen LogP contribution in [0.15, 0.2) is 43.0 Å². The zero-order chi connectivity index (χ0) is 14.7. The maximum absolute atomic E-state index is 4.08. The molecule has 2 atom stereocenters. The highest BCUT2D eigenvalue weighted by atomic mass is 15.1. The van der Waals surface area contributed by atoms with Gasteiger partial charge in [-0.3, -0.25) is 0 Å². The molecular formula is C17H24N4. The molecule has 1 saturated heterocycles. The van der Waals surface area contributed by atoms with E-state index >= 15 is 0 Å². The van der Waals surface area contributed by atoms with Crippen molar-refractivity contribution in [3.05, 3.63) is 48.5 Å². The van der Waals surface area contributed by atoms with Gasteiger partial charge >= 0.3 is 0 Å². The van der Waals surface area contributed by atoms with Crippen LogP contribution in [0.5, 0.6) is 0 Å². The highest BCUT2D eigenvalue weighted by Gasteiger charge is 2.21. The van der Waals surface area contributed by atoms with E-state index in [2.05, 4.69) is 53.4 Å². The van der Waals surface area contributed by atoms with Crippen molar-refractivity contribution in [1.29, 1.82) is 0 Å². The first kappa shape index (κ1) is 14.3. The van der Waals surface area contributed by atoms with Gasteiger partial charge < -0.3 is 14.8 Å². The fraction of sp³-hybridized carbons (Fsp3) is 0.471. The first-order valence-electron chi connectivity index (χ1n) is 7.73. The molecule has 4 heteroatoms. The van der Waals surface area contributed by atoms with E-state index in [-0.39, 0.29) is 0 Å². The fourth-order valence-corrected chi connectivity index (χ4v) is 2.93. The number of imidazole rings is 1. The van der Waals surface area contributed by atoms with Crippen molar-refractivity contribution >= 4 is 0 Å². The zero-order valence-electron chi connectivity index (χ0n) is 12.9. The molecule has 1 aliphatic rings. The summed E-state index contributed by atoms with van der Waals surface area (Å²) < 4.78 is 2.02. The van der Waals surface area contributed by atoms with Gasteiger partial charge in [-0.05, 0) is 51.1 Å². The van der Waals surface area contributed by atoms with Crippen LogP contribution in [0.2, 0.25) is 0 Å². The van der Waals surface area contributed by atoms with Gasteiger partial charge in [-0.2, -0.15) is 0 Å². The smallest absolute Gasteiger partial charge is 0.0991 e. The number of benzene rings is 1. The van der Waals surface area contributed by atoms with E-state index in [0.717, 1.165) is 12.2 Å². The summed E-state index contributed by atoms with van der Waals surface area (Å²) in [5.41, 5.74) is 2.50. The van der Waals surface area contributed by atoms with Crippen LogP contribution in [0, 0.1) is 0 Å². The summed E-state index contributed by atoms with van der Waals surface area (Å²) in [5, 5.41) is 3.70. The van der Waals surface area contributed by atoms with Crippen LogP contribution in [0.25, 0.3) is 5.69 Å². The van der Waals surface area contributed by atoms with Gasteiger partial charge in [-0.15, -0.1) is 0 Å². The number of hydrogen-bond donors (Lipinski definition) is 1. The summed E-state index contributed by atoms with van der Waals surface area (Å²) in [6.45, 7) is 4.46. The maximum Gasteiger partial charge on any atom is 0.0991 e. The first-order chi connectivity index (χ1) is 10.2. The molecule has 0 bridgehead atoms. The average molecular weight is 284 g/mol. The molecule has 0 spiro atoms. The monoisotopic (exact) mass is 284 g/mol. The zero-order valence-corrected chi connectivity index (χ0v) is 12.9. The van der Waals surface area contributed by atoms with Gasteiger partial charge in [0.1, 0.15) is 0 Å². The number of nitrogens with one attached hydrogen (secondary N) is 1. The van der Waals surface area contributed by atoms with Crippen molar-refractivity contribution < 1.29 is 0 Å². The van der Waals surface area contributed by atoms with Crippen LogP contribution in [-0.2, 0) is 6.54 Å². The summed E-state index contributed by atoms with van der Waals surface area (Å²) >= 11 is 0. The topological polar surface area (TPSA) is 33.1 Å². The van der Waals surface area contributed by atoms with Crippen molar-refractivity contribution in [2.75, 3.05) is 13.6 Å². The van der Waals surface area contributed by atoms with E-state index in [0.29, 0.717) is 12.1 Å². The standard InChI is InChI=1S/C17H24N4/c1-14-11-16(7-9-20(14)2)19-12-15-3-5-17(6-4-15)21-10-8-18-13-21/h3-6,8,10,13-14,16,19H,7,9,11-12H2,1-2H3. The van der Waals surface area contributed by atoms with Gasteiger partial charge in [0.05, 0.1) is 6.33 Å². The molecule has 3 rings (SSSR count). The minimum absolute atomic E-state index is 0.643. The Bertz CT molecular complexity index is 547. The van der Waals surface area contributed by atoms with E-state index in [1.54, 1.807) is 6.20 Å². The van der Waals surface area contributed by atoms with E-state index < -0.39 is 0 Å². The van der Waals surface area contributed by atoms with E-state index in [1.807, 2.05) is 17.1 Å². The van der Waals surface area contributed by atoms with E-state index in [1.165, 1.54) is 24.9 Å². The molecule has 112 valence electrons. The second kappa shape index (κ2) is 6.41. The van der Waals surface area contributed by atoms with Crippen LogP contribution < -0.4 is 5.32 Å².